The van der Waals surface area contributed by atoms with Crippen molar-refractivity contribution in [3.8, 4) is 0 Å². The van der Waals surface area contributed by atoms with Crippen LogP contribution in [0.25, 0.3) is 0 Å². The van der Waals surface area contributed by atoms with Crippen LogP contribution in [0.1, 0.15) is 29.0 Å². The van der Waals surface area contributed by atoms with Gasteiger partial charge in [0.25, 0.3) is 0 Å². The Morgan fingerprint density at radius 3 is 2.48 bits per heavy atom. The highest BCUT2D eigenvalue weighted by atomic mass is 19.4. The smallest absolute Gasteiger partial charge is 0.364 e. The average molecular weight is 455 g/mol. The Balaban J connectivity index is 1.31. The van der Waals surface area contributed by atoms with E-state index in [0.717, 1.165) is 41.1 Å². The molecule has 2 aliphatic rings. The van der Waals surface area contributed by atoms with Gasteiger partial charge in [0, 0.05) is 44.8 Å². The zero-order valence-electron chi connectivity index (χ0n) is 17.9. The maximum atomic E-state index is 13.4. The minimum atomic E-state index is -4.34. The van der Waals surface area contributed by atoms with Crippen LogP contribution in [0.3, 0.4) is 0 Å². The number of anilines is 2. The molecule has 1 atom stereocenters. The van der Waals surface area contributed by atoms with E-state index < -0.39 is 11.7 Å². The second-order valence-electron chi connectivity index (χ2n) is 8.50. The molecule has 3 heterocycles. The summed E-state index contributed by atoms with van der Waals surface area (Å²) in [4.78, 5) is 19.2. The van der Waals surface area contributed by atoms with E-state index in [-0.39, 0.29) is 11.9 Å². The Labute approximate surface area is 189 Å². The molecule has 1 saturated heterocycles. The first-order valence-electron chi connectivity index (χ1n) is 11.0. The summed E-state index contributed by atoms with van der Waals surface area (Å²) < 4.78 is 38.6. The Morgan fingerprint density at radius 1 is 1.03 bits per heavy atom. The number of halogens is 3. The van der Waals surface area contributed by atoms with E-state index in [0.29, 0.717) is 32.7 Å². The molecule has 9 heteroatoms. The lowest BCUT2D eigenvalue weighted by Crippen LogP contribution is -2.49. The van der Waals surface area contributed by atoms with E-state index in [2.05, 4.69) is 15.1 Å². The van der Waals surface area contributed by atoms with Crippen molar-refractivity contribution in [2.24, 2.45) is 0 Å². The Morgan fingerprint density at radius 2 is 1.79 bits per heavy atom. The van der Waals surface area contributed by atoms with Gasteiger partial charge < -0.3 is 9.80 Å². The quantitative estimate of drug-likeness (QED) is 0.614. The molecule has 3 aromatic rings. The molecule has 0 radical (unpaired) electrons. The summed E-state index contributed by atoms with van der Waals surface area (Å²) in [7, 11) is 0. The molecule has 0 saturated carbocycles. The molecule has 2 aromatic carbocycles. The van der Waals surface area contributed by atoms with Gasteiger partial charge in [0.05, 0.1) is 23.1 Å². The molecule has 2 aliphatic heterocycles. The number of hydrogen-bond donors (Lipinski definition) is 1. The van der Waals surface area contributed by atoms with Crippen LogP contribution in [0.2, 0.25) is 0 Å². The maximum Gasteiger partial charge on any atom is 0.416 e. The zero-order valence-corrected chi connectivity index (χ0v) is 17.9. The third-order valence-electron chi connectivity index (χ3n) is 6.44. The number of amides is 2. The molecule has 172 valence electrons. The van der Waals surface area contributed by atoms with E-state index in [1.807, 2.05) is 46.5 Å². The second kappa shape index (κ2) is 8.46. The van der Waals surface area contributed by atoms with Crippen LogP contribution in [0.4, 0.5) is 29.3 Å². The predicted molar refractivity (Wildman–Crippen MR) is 119 cm³/mol. The lowest BCUT2D eigenvalue weighted by molar-refractivity contribution is -0.137. The SMILES string of the molecule is O=C(N1CCC(c2cn[nH]c2)C1)N1CCN(Cc2ccc(C(F)(F)F)cc2)c2ccccc21. The van der Waals surface area contributed by atoms with E-state index >= 15 is 0 Å². The number of urea groups is 1. The van der Waals surface area contributed by atoms with Gasteiger partial charge in [-0.15, -0.1) is 0 Å². The van der Waals surface area contributed by atoms with Crippen molar-refractivity contribution in [2.45, 2.75) is 25.1 Å². The molecule has 1 unspecified atom stereocenters. The Kier molecular flexibility index (Phi) is 5.47. The van der Waals surface area contributed by atoms with Gasteiger partial charge in [0.15, 0.2) is 0 Å². The van der Waals surface area contributed by atoms with Gasteiger partial charge in [-0.1, -0.05) is 24.3 Å². The van der Waals surface area contributed by atoms with Crippen LogP contribution < -0.4 is 9.80 Å². The number of aromatic amines is 1. The van der Waals surface area contributed by atoms with Crippen LogP contribution in [0, 0.1) is 0 Å². The van der Waals surface area contributed by atoms with Crippen LogP contribution >= 0.6 is 0 Å². The van der Waals surface area contributed by atoms with Gasteiger partial charge in [-0.3, -0.25) is 10.00 Å². The molecule has 33 heavy (non-hydrogen) atoms. The first-order valence-corrected chi connectivity index (χ1v) is 11.0. The van der Waals surface area contributed by atoms with E-state index in [1.165, 1.54) is 12.1 Å². The minimum Gasteiger partial charge on any atom is -0.364 e. The molecule has 6 nitrogen and oxygen atoms in total. The van der Waals surface area contributed by atoms with Gasteiger partial charge >= 0.3 is 12.2 Å². The fourth-order valence-electron chi connectivity index (χ4n) is 4.66. The van der Waals surface area contributed by atoms with Crippen molar-refractivity contribution < 1.29 is 18.0 Å². The minimum absolute atomic E-state index is 0.0115. The highest BCUT2D eigenvalue weighted by molar-refractivity contribution is 5.97. The lowest BCUT2D eigenvalue weighted by atomic mass is 10.0. The number of nitrogens with zero attached hydrogens (tertiary/aromatic N) is 4. The number of likely N-dealkylation sites (tertiary alicyclic amines) is 1. The van der Waals surface area contributed by atoms with E-state index in [4.69, 9.17) is 0 Å². The summed E-state index contributed by atoms with van der Waals surface area (Å²) in [5, 5.41) is 6.85. The number of aromatic nitrogens is 2. The number of hydrogen-bond acceptors (Lipinski definition) is 3. The maximum absolute atomic E-state index is 13.4. The highest BCUT2D eigenvalue weighted by Gasteiger charge is 2.34. The van der Waals surface area contributed by atoms with Gasteiger partial charge in [0.1, 0.15) is 0 Å². The first kappa shape index (κ1) is 21.4. The third kappa shape index (κ3) is 4.27. The molecule has 0 spiro atoms. The predicted octanol–water partition coefficient (Wildman–Crippen LogP) is 4.86. The van der Waals surface area contributed by atoms with E-state index in [9.17, 15) is 18.0 Å². The molecule has 0 aliphatic carbocycles. The fraction of sp³-hybridized carbons (Fsp3) is 0.333. The number of rotatable bonds is 3. The summed E-state index contributed by atoms with van der Waals surface area (Å²) in [6.45, 7) is 2.95. The van der Waals surface area contributed by atoms with Crippen molar-refractivity contribution in [2.75, 3.05) is 36.0 Å². The number of benzene rings is 2. The molecule has 2 amide bonds. The molecule has 1 aromatic heterocycles. The van der Waals surface area contributed by atoms with E-state index in [1.54, 1.807) is 0 Å². The standard InChI is InChI=1S/C24H24F3N5O/c25-24(26,27)20-7-5-17(6-8-20)15-30-11-12-32(22-4-2-1-3-21(22)30)23(33)31-10-9-18(16-31)19-13-28-29-14-19/h1-8,13-14,18H,9-12,15-16H2,(H,28,29). The van der Waals surface area contributed by atoms with Crippen molar-refractivity contribution in [1.29, 1.82) is 0 Å². The van der Waals surface area contributed by atoms with Gasteiger partial charge in [-0.05, 0) is 41.8 Å². The van der Waals surface area contributed by atoms with Crippen molar-refractivity contribution in [1.82, 2.24) is 15.1 Å². The van der Waals surface area contributed by atoms with Crippen molar-refractivity contribution in [3.63, 3.8) is 0 Å². The summed E-state index contributed by atoms with van der Waals surface area (Å²) >= 11 is 0. The highest BCUT2D eigenvalue weighted by Crippen LogP contribution is 2.36. The van der Waals surface area contributed by atoms with Crippen LogP contribution in [0.5, 0.6) is 0 Å². The van der Waals surface area contributed by atoms with Crippen LogP contribution in [0.15, 0.2) is 60.9 Å². The average Bonchev–Trinajstić information content (AvgIpc) is 3.51. The topological polar surface area (TPSA) is 55.5 Å². The molecule has 5 rings (SSSR count). The largest absolute Gasteiger partial charge is 0.416 e. The Bertz CT molecular complexity index is 1110. The summed E-state index contributed by atoms with van der Waals surface area (Å²) in [6, 6.07) is 13.0. The first-order chi connectivity index (χ1) is 15.9. The number of H-pyrrole nitrogens is 1. The summed E-state index contributed by atoms with van der Waals surface area (Å²) in [6.07, 6.45) is 0.256. The number of carbonyl (C=O) groups excluding carboxylic acids is 1. The summed E-state index contributed by atoms with van der Waals surface area (Å²) in [5.74, 6) is 0.281. The number of nitrogens with one attached hydrogen (secondary N) is 1. The number of para-hydroxylation sites is 2. The second-order valence-corrected chi connectivity index (χ2v) is 8.50. The third-order valence-corrected chi connectivity index (χ3v) is 6.44. The number of alkyl halides is 3. The Hall–Kier alpha value is -3.49. The van der Waals surface area contributed by atoms with Gasteiger partial charge in [-0.25, -0.2) is 4.79 Å². The zero-order chi connectivity index (χ0) is 23.0. The molecule has 1 fully saturated rings. The monoisotopic (exact) mass is 455 g/mol. The number of fused-ring (bicyclic) bond motifs is 1. The van der Waals surface area contributed by atoms with Crippen molar-refractivity contribution >= 4 is 17.4 Å². The molecule has 0 bridgehead atoms. The van der Waals surface area contributed by atoms with Crippen molar-refractivity contribution in [3.05, 3.63) is 77.6 Å². The van der Waals surface area contributed by atoms with Gasteiger partial charge in [-0.2, -0.15) is 18.3 Å². The molecule has 1 N–H and O–H groups in total. The summed E-state index contributed by atoms with van der Waals surface area (Å²) in [5.41, 5.74) is 2.99. The van der Waals surface area contributed by atoms with Gasteiger partial charge in [0.2, 0.25) is 0 Å². The molecular weight excluding hydrogens is 431 g/mol. The number of carbonyl (C=O) groups is 1. The lowest BCUT2D eigenvalue weighted by Gasteiger charge is -2.39. The fourth-order valence-corrected chi connectivity index (χ4v) is 4.66. The van der Waals surface area contributed by atoms with Crippen LogP contribution in [-0.4, -0.2) is 47.3 Å². The molecular formula is C24H24F3N5O. The van der Waals surface area contributed by atoms with Crippen LogP contribution in [-0.2, 0) is 12.7 Å². The normalized spacial score (nSPS) is 18.5.